The molecule has 1 aromatic rings. The van der Waals surface area contributed by atoms with Crippen LogP contribution < -0.4 is 15.8 Å². The fraction of sp³-hybridized carbons (Fsp3) is 0.412. The summed E-state index contributed by atoms with van der Waals surface area (Å²) in [5, 5.41) is 2.92. The summed E-state index contributed by atoms with van der Waals surface area (Å²) >= 11 is 0. The molecule has 0 spiro atoms. The van der Waals surface area contributed by atoms with Gasteiger partial charge in [0.2, 0.25) is 6.41 Å². The average molecular weight is 299 g/mol. The van der Waals surface area contributed by atoms with Crippen LogP contribution in [-0.4, -0.2) is 25.8 Å². The summed E-state index contributed by atoms with van der Waals surface area (Å²) in [5.74, 6) is 0.755. The second-order valence-corrected chi connectivity index (χ2v) is 5.93. The third-order valence-corrected chi connectivity index (χ3v) is 4.26. The fourth-order valence-electron chi connectivity index (χ4n) is 2.54. The van der Waals surface area contributed by atoms with Gasteiger partial charge in [-0.05, 0) is 55.0 Å². The lowest BCUT2D eigenvalue weighted by atomic mass is 9.98. The van der Waals surface area contributed by atoms with E-state index in [1.165, 1.54) is 0 Å². The van der Waals surface area contributed by atoms with Crippen LogP contribution in [0.15, 0.2) is 29.4 Å². The summed E-state index contributed by atoms with van der Waals surface area (Å²) in [6.07, 6.45) is 8.36. The molecule has 5 nitrogen and oxygen atoms in total. The Kier molecular flexibility index (Phi) is 3.88. The molecule has 2 aliphatic rings. The first-order valence-corrected chi connectivity index (χ1v) is 7.57. The first kappa shape index (κ1) is 14.6. The Labute approximate surface area is 130 Å². The van der Waals surface area contributed by atoms with Crippen molar-refractivity contribution < 1.29 is 9.53 Å². The minimum Gasteiger partial charge on any atom is -0.497 e. The van der Waals surface area contributed by atoms with Crippen LogP contribution in [0.5, 0.6) is 5.75 Å². The first-order chi connectivity index (χ1) is 10.7. The lowest BCUT2D eigenvalue weighted by molar-refractivity contribution is -0.110. The summed E-state index contributed by atoms with van der Waals surface area (Å²) in [6, 6.07) is 6.42. The number of benzene rings is 1. The normalized spacial score (nSPS) is 20.0. The molecular formula is C17H21N3O2. The number of carbonyl (C=O) groups excluding carboxylic acids is 1. The Bertz CT molecular complexity index is 629. The van der Waals surface area contributed by atoms with E-state index in [0.717, 1.165) is 54.5 Å². The smallest absolute Gasteiger partial charge is 0.207 e. The van der Waals surface area contributed by atoms with E-state index in [0.29, 0.717) is 6.04 Å². The molecule has 3 rings (SSSR count). The standard InChI is InChI=1S/C17H21N3O2/c1-22-16-7-12(13(9-18)10-19-15-2-3-15)6-14(8-16)17(4-5-17)20-11-21/h6-11,15H,2-5,18H2,1H3,(H,20,21)/b13-9+,19-10?. The molecule has 2 fully saturated rings. The van der Waals surface area contributed by atoms with Crippen LogP contribution >= 0.6 is 0 Å². The van der Waals surface area contributed by atoms with E-state index in [1.807, 2.05) is 18.3 Å². The number of ether oxygens (including phenoxy) is 1. The van der Waals surface area contributed by atoms with Crippen molar-refractivity contribution in [2.45, 2.75) is 37.3 Å². The van der Waals surface area contributed by atoms with Crippen LogP contribution in [0.4, 0.5) is 0 Å². The molecule has 2 saturated carbocycles. The van der Waals surface area contributed by atoms with Crippen molar-refractivity contribution in [1.29, 1.82) is 0 Å². The van der Waals surface area contributed by atoms with E-state index in [4.69, 9.17) is 10.5 Å². The molecule has 0 aromatic heterocycles. The number of carbonyl (C=O) groups is 1. The number of hydrogen-bond donors (Lipinski definition) is 2. The van der Waals surface area contributed by atoms with Crippen LogP contribution in [0.3, 0.4) is 0 Å². The number of nitrogens with zero attached hydrogens (tertiary/aromatic N) is 1. The molecule has 2 aliphatic carbocycles. The minimum absolute atomic E-state index is 0.252. The van der Waals surface area contributed by atoms with E-state index in [9.17, 15) is 4.79 Å². The summed E-state index contributed by atoms with van der Waals surface area (Å²) < 4.78 is 5.40. The zero-order chi connectivity index (χ0) is 15.6. The second kappa shape index (κ2) is 5.83. The van der Waals surface area contributed by atoms with Gasteiger partial charge < -0.3 is 15.8 Å². The van der Waals surface area contributed by atoms with Gasteiger partial charge in [0.15, 0.2) is 0 Å². The Hall–Kier alpha value is -2.30. The number of nitrogens with one attached hydrogen (secondary N) is 1. The number of methoxy groups -OCH3 is 1. The van der Waals surface area contributed by atoms with Gasteiger partial charge in [0.05, 0.1) is 18.7 Å². The third kappa shape index (κ3) is 2.98. The van der Waals surface area contributed by atoms with Gasteiger partial charge in [0.25, 0.3) is 0 Å². The monoisotopic (exact) mass is 299 g/mol. The van der Waals surface area contributed by atoms with Crippen LogP contribution in [0.1, 0.15) is 36.8 Å². The fourth-order valence-corrected chi connectivity index (χ4v) is 2.54. The summed E-state index contributed by atoms with van der Waals surface area (Å²) in [4.78, 5) is 15.3. The van der Waals surface area contributed by atoms with Gasteiger partial charge in [-0.15, -0.1) is 0 Å². The predicted octanol–water partition coefficient (Wildman–Crippen LogP) is 1.96. The van der Waals surface area contributed by atoms with Crippen molar-refractivity contribution >= 4 is 18.2 Å². The van der Waals surface area contributed by atoms with Gasteiger partial charge in [-0.2, -0.15) is 0 Å². The van der Waals surface area contributed by atoms with E-state index in [2.05, 4.69) is 16.4 Å². The Morgan fingerprint density at radius 3 is 2.73 bits per heavy atom. The molecule has 0 unspecified atom stereocenters. The number of rotatable bonds is 7. The Morgan fingerprint density at radius 1 is 1.41 bits per heavy atom. The lowest BCUT2D eigenvalue weighted by Crippen LogP contribution is -2.27. The highest BCUT2D eigenvalue weighted by molar-refractivity contribution is 6.09. The van der Waals surface area contributed by atoms with Crippen molar-refractivity contribution in [3.05, 3.63) is 35.5 Å². The number of nitrogens with two attached hydrogens (primary N) is 1. The van der Waals surface area contributed by atoms with Crippen LogP contribution in [0.25, 0.3) is 5.57 Å². The van der Waals surface area contributed by atoms with Gasteiger partial charge in [-0.1, -0.05) is 0 Å². The molecule has 22 heavy (non-hydrogen) atoms. The predicted molar refractivity (Wildman–Crippen MR) is 86.8 cm³/mol. The molecule has 0 aliphatic heterocycles. The number of amides is 1. The second-order valence-electron chi connectivity index (χ2n) is 5.93. The van der Waals surface area contributed by atoms with E-state index >= 15 is 0 Å². The molecule has 0 heterocycles. The van der Waals surface area contributed by atoms with E-state index < -0.39 is 0 Å². The Morgan fingerprint density at radius 2 is 2.18 bits per heavy atom. The Balaban J connectivity index is 1.94. The maximum atomic E-state index is 10.9. The highest BCUT2D eigenvalue weighted by atomic mass is 16.5. The average Bonchev–Trinajstić information content (AvgIpc) is 3.43. The van der Waals surface area contributed by atoms with E-state index in [-0.39, 0.29) is 5.54 Å². The van der Waals surface area contributed by atoms with Gasteiger partial charge in [-0.25, -0.2) is 0 Å². The van der Waals surface area contributed by atoms with Crippen molar-refractivity contribution in [3.8, 4) is 5.75 Å². The minimum atomic E-state index is -0.252. The molecule has 5 heteroatoms. The van der Waals surface area contributed by atoms with Crippen molar-refractivity contribution in [3.63, 3.8) is 0 Å². The highest BCUT2D eigenvalue weighted by Gasteiger charge is 2.44. The van der Waals surface area contributed by atoms with Gasteiger partial charge in [0, 0.05) is 18.0 Å². The lowest BCUT2D eigenvalue weighted by Gasteiger charge is -2.17. The number of allylic oxidation sites excluding steroid dienone is 1. The molecule has 116 valence electrons. The van der Waals surface area contributed by atoms with Crippen LogP contribution in [0, 0.1) is 0 Å². The number of aliphatic imine (C=N–C) groups is 1. The maximum absolute atomic E-state index is 10.9. The SMILES string of the molecule is COc1cc(/C(C=NC2CC2)=C/N)cc(C2(NC=O)CC2)c1. The first-order valence-electron chi connectivity index (χ1n) is 7.57. The molecule has 1 amide bonds. The number of hydrogen-bond acceptors (Lipinski definition) is 4. The quantitative estimate of drug-likeness (QED) is 0.597. The summed E-state index contributed by atoms with van der Waals surface area (Å²) in [7, 11) is 1.64. The van der Waals surface area contributed by atoms with Crippen molar-refractivity contribution in [1.82, 2.24) is 5.32 Å². The summed E-state index contributed by atoms with van der Waals surface area (Å²) in [6.45, 7) is 0. The molecular weight excluding hydrogens is 278 g/mol. The molecule has 0 atom stereocenters. The largest absolute Gasteiger partial charge is 0.497 e. The van der Waals surface area contributed by atoms with Gasteiger partial charge in [0.1, 0.15) is 5.75 Å². The molecule has 1 aromatic carbocycles. The zero-order valence-electron chi connectivity index (χ0n) is 12.7. The topological polar surface area (TPSA) is 76.7 Å². The molecule has 0 radical (unpaired) electrons. The van der Waals surface area contributed by atoms with Gasteiger partial charge in [-0.3, -0.25) is 9.79 Å². The van der Waals surface area contributed by atoms with Crippen molar-refractivity contribution in [2.75, 3.05) is 7.11 Å². The van der Waals surface area contributed by atoms with Gasteiger partial charge >= 0.3 is 0 Å². The van der Waals surface area contributed by atoms with Crippen LogP contribution in [0.2, 0.25) is 0 Å². The summed E-state index contributed by atoms with van der Waals surface area (Å²) in [5.41, 5.74) is 8.40. The molecule has 3 N–H and O–H groups in total. The molecule has 0 bridgehead atoms. The van der Waals surface area contributed by atoms with Crippen LogP contribution in [-0.2, 0) is 10.3 Å². The third-order valence-electron chi connectivity index (χ3n) is 4.26. The van der Waals surface area contributed by atoms with Crippen molar-refractivity contribution in [2.24, 2.45) is 10.7 Å². The van der Waals surface area contributed by atoms with E-state index in [1.54, 1.807) is 13.3 Å². The maximum Gasteiger partial charge on any atom is 0.207 e. The highest BCUT2D eigenvalue weighted by Crippen LogP contribution is 2.46. The molecule has 0 saturated heterocycles. The zero-order valence-corrected chi connectivity index (χ0v) is 12.7.